The van der Waals surface area contributed by atoms with Crippen LogP contribution in [-0.2, 0) is 4.74 Å². The minimum Gasteiger partial charge on any atom is -0.394 e. The highest BCUT2D eigenvalue weighted by Gasteiger charge is 2.43. The number of aromatic amines is 1. The van der Waals surface area contributed by atoms with Gasteiger partial charge in [0.25, 0.3) is 5.56 Å². The SMILES string of the molecule is Cc1cn([C@@H]2O[C@H](CO)[C@@H](I)[C@H]2O)c(=O)[nH]c1=O. The van der Waals surface area contributed by atoms with E-state index in [0.717, 1.165) is 4.57 Å². The maximum absolute atomic E-state index is 11.7. The largest absolute Gasteiger partial charge is 0.394 e. The molecule has 0 aromatic carbocycles. The molecule has 1 fully saturated rings. The molecule has 0 amide bonds. The molecule has 0 unspecified atom stereocenters. The van der Waals surface area contributed by atoms with Gasteiger partial charge in [0.05, 0.1) is 16.6 Å². The first-order valence-electron chi connectivity index (χ1n) is 5.36. The van der Waals surface area contributed by atoms with E-state index in [-0.39, 0.29) is 10.5 Å². The monoisotopic (exact) mass is 368 g/mol. The summed E-state index contributed by atoms with van der Waals surface area (Å²) >= 11 is 1.97. The molecular weight excluding hydrogens is 355 g/mol. The Labute approximate surface area is 116 Å². The van der Waals surface area contributed by atoms with Crippen LogP contribution in [0.25, 0.3) is 0 Å². The highest BCUT2D eigenvalue weighted by molar-refractivity contribution is 14.1. The molecule has 1 aliphatic heterocycles. The summed E-state index contributed by atoms with van der Waals surface area (Å²) in [6.45, 7) is 1.32. The van der Waals surface area contributed by atoms with Gasteiger partial charge in [0.2, 0.25) is 0 Å². The van der Waals surface area contributed by atoms with Gasteiger partial charge in [-0.2, -0.15) is 0 Å². The molecule has 1 aromatic rings. The average molecular weight is 368 g/mol. The van der Waals surface area contributed by atoms with Gasteiger partial charge in [-0.3, -0.25) is 14.3 Å². The Hall–Kier alpha value is -0.710. The number of aryl methyl sites for hydroxylation is 1. The van der Waals surface area contributed by atoms with Gasteiger partial charge in [0.1, 0.15) is 6.10 Å². The van der Waals surface area contributed by atoms with E-state index in [1.807, 2.05) is 22.6 Å². The smallest absolute Gasteiger partial charge is 0.330 e. The van der Waals surface area contributed by atoms with Gasteiger partial charge in [-0.15, -0.1) is 0 Å². The molecule has 7 nitrogen and oxygen atoms in total. The molecule has 0 bridgehead atoms. The van der Waals surface area contributed by atoms with Crippen molar-refractivity contribution in [2.75, 3.05) is 6.61 Å². The summed E-state index contributed by atoms with van der Waals surface area (Å²) in [5.41, 5.74) is -0.756. The van der Waals surface area contributed by atoms with Gasteiger partial charge < -0.3 is 14.9 Å². The molecule has 8 heteroatoms. The molecule has 100 valence electrons. The quantitative estimate of drug-likeness (QED) is 0.454. The Morgan fingerprint density at radius 2 is 2.22 bits per heavy atom. The minimum atomic E-state index is -0.925. The van der Waals surface area contributed by atoms with Crippen molar-refractivity contribution in [1.82, 2.24) is 9.55 Å². The number of halogens is 1. The molecule has 2 rings (SSSR count). The molecule has 18 heavy (non-hydrogen) atoms. The molecule has 1 aromatic heterocycles. The molecule has 1 saturated heterocycles. The number of hydrogen-bond acceptors (Lipinski definition) is 5. The third-order valence-electron chi connectivity index (χ3n) is 2.89. The Morgan fingerprint density at radius 1 is 1.56 bits per heavy atom. The molecule has 0 aliphatic carbocycles. The lowest BCUT2D eigenvalue weighted by atomic mass is 10.2. The highest BCUT2D eigenvalue weighted by atomic mass is 127. The zero-order valence-electron chi connectivity index (χ0n) is 9.54. The van der Waals surface area contributed by atoms with Crippen LogP contribution in [0.15, 0.2) is 15.8 Å². The van der Waals surface area contributed by atoms with Gasteiger partial charge in [-0.05, 0) is 6.92 Å². The summed E-state index contributed by atoms with van der Waals surface area (Å²) in [6.07, 6.45) is -1.01. The van der Waals surface area contributed by atoms with Crippen LogP contribution in [0.2, 0.25) is 0 Å². The number of nitrogens with zero attached hydrogens (tertiary/aromatic N) is 1. The van der Waals surface area contributed by atoms with Crippen molar-refractivity contribution in [3.63, 3.8) is 0 Å². The Kier molecular flexibility index (Phi) is 3.90. The Morgan fingerprint density at radius 3 is 2.78 bits per heavy atom. The van der Waals surface area contributed by atoms with E-state index in [4.69, 9.17) is 9.84 Å². The minimum absolute atomic E-state index is 0.238. The van der Waals surface area contributed by atoms with Crippen LogP contribution < -0.4 is 11.2 Å². The second-order valence-electron chi connectivity index (χ2n) is 4.16. The number of aliphatic hydroxyl groups excluding tert-OH is 2. The maximum atomic E-state index is 11.7. The zero-order chi connectivity index (χ0) is 13.4. The van der Waals surface area contributed by atoms with Gasteiger partial charge >= 0.3 is 5.69 Å². The van der Waals surface area contributed by atoms with Gasteiger partial charge in [-0.1, -0.05) is 22.6 Å². The van der Waals surface area contributed by atoms with E-state index < -0.39 is 29.7 Å². The molecular formula is C10H13IN2O5. The lowest BCUT2D eigenvalue weighted by molar-refractivity contribution is -0.0530. The number of H-pyrrole nitrogens is 1. The van der Waals surface area contributed by atoms with Crippen molar-refractivity contribution in [2.45, 2.75) is 29.3 Å². The summed E-state index contributed by atoms with van der Waals surface area (Å²) in [4.78, 5) is 25.1. The molecule has 2 heterocycles. The van der Waals surface area contributed by atoms with Gasteiger partial charge in [0, 0.05) is 11.8 Å². The number of rotatable bonds is 2. The molecule has 0 saturated carbocycles. The molecule has 0 spiro atoms. The van der Waals surface area contributed by atoms with E-state index in [0.29, 0.717) is 5.56 Å². The standard InChI is InChI=1S/C10H13IN2O5/c1-4-2-13(10(17)12-8(4)16)9-7(15)6(11)5(3-14)18-9/h2,5-7,9,14-15H,3H2,1H3,(H,12,16,17)/t5-,6-,7-,9-/m1/s1. The number of nitrogens with one attached hydrogen (secondary N) is 1. The van der Waals surface area contributed by atoms with E-state index in [9.17, 15) is 14.7 Å². The fourth-order valence-electron chi connectivity index (χ4n) is 1.86. The number of aromatic nitrogens is 2. The summed E-state index contributed by atoms with van der Waals surface area (Å²) in [5, 5.41) is 19.1. The summed E-state index contributed by atoms with van der Waals surface area (Å²) in [5.74, 6) is 0. The predicted molar refractivity (Wildman–Crippen MR) is 70.9 cm³/mol. The number of aliphatic hydroxyl groups is 2. The van der Waals surface area contributed by atoms with Crippen molar-refractivity contribution in [1.29, 1.82) is 0 Å². The Balaban J connectivity index is 2.42. The predicted octanol–water partition coefficient (Wildman–Crippen LogP) is -1.10. The van der Waals surface area contributed by atoms with Gasteiger partial charge in [0.15, 0.2) is 6.23 Å². The van der Waals surface area contributed by atoms with Crippen molar-refractivity contribution >= 4 is 22.6 Å². The Bertz CT molecular complexity index is 554. The van der Waals surface area contributed by atoms with Crippen LogP contribution in [0.5, 0.6) is 0 Å². The molecule has 4 atom stereocenters. The summed E-state index contributed by atoms with van der Waals surface area (Å²) in [6, 6.07) is 0. The fraction of sp³-hybridized carbons (Fsp3) is 0.600. The molecule has 3 N–H and O–H groups in total. The van der Waals surface area contributed by atoms with E-state index >= 15 is 0 Å². The number of hydrogen-bond donors (Lipinski definition) is 3. The average Bonchev–Trinajstić information content (AvgIpc) is 2.61. The van der Waals surface area contributed by atoms with Crippen LogP contribution in [-0.4, -0.2) is 42.5 Å². The lowest BCUT2D eigenvalue weighted by Crippen LogP contribution is -2.37. The number of alkyl halides is 1. The normalized spacial score (nSPS) is 31.8. The van der Waals surface area contributed by atoms with E-state index in [1.165, 1.54) is 6.20 Å². The maximum Gasteiger partial charge on any atom is 0.330 e. The second-order valence-corrected chi connectivity index (χ2v) is 5.60. The van der Waals surface area contributed by atoms with Gasteiger partial charge in [-0.25, -0.2) is 4.79 Å². The molecule has 1 aliphatic rings. The first-order valence-corrected chi connectivity index (χ1v) is 6.60. The third kappa shape index (κ3) is 2.25. The third-order valence-corrected chi connectivity index (χ3v) is 4.43. The van der Waals surface area contributed by atoms with Crippen molar-refractivity contribution in [3.05, 3.63) is 32.6 Å². The van der Waals surface area contributed by atoms with Crippen LogP contribution in [0.3, 0.4) is 0 Å². The summed E-state index contributed by atoms with van der Waals surface area (Å²) in [7, 11) is 0. The molecule has 0 radical (unpaired) electrons. The van der Waals surface area contributed by atoms with E-state index in [2.05, 4.69) is 4.98 Å². The topological polar surface area (TPSA) is 105 Å². The van der Waals surface area contributed by atoms with Crippen LogP contribution in [0.4, 0.5) is 0 Å². The lowest BCUT2D eigenvalue weighted by Gasteiger charge is -2.17. The van der Waals surface area contributed by atoms with Crippen LogP contribution in [0.1, 0.15) is 11.8 Å². The fourth-order valence-corrected chi connectivity index (χ4v) is 2.61. The first-order chi connectivity index (χ1) is 8.45. The highest BCUT2D eigenvalue weighted by Crippen LogP contribution is 2.33. The first kappa shape index (κ1) is 13.7. The van der Waals surface area contributed by atoms with Crippen molar-refractivity contribution in [2.24, 2.45) is 0 Å². The zero-order valence-corrected chi connectivity index (χ0v) is 11.7. The van der Waals surface area contributed by atoms with Crippen molar-refractivity contribution < 1.29 is 14.9 Å². The second kappa shape index (κ2) is 5.11. The van der Waals surface area contributed by atoms with Crippen LogP contribution in [0, 0.1) is 6.92 Å². The van der Waals surface area contributed by atoms with E-state index in [1.54, 1.807) is 6.92 Å². The number of ether oxygens (including phenoxy) is 1. The van der Waals surface area contributed by atoms with Crippen LogP contribution >= 0.6 is 22.6 Å². The van der Waals surface area contributed by atoms with Crippen molar-refractivity contribution in [3.8, 4) is 0 Å². The summed E-state index contributed by atoms with van der Waals surface area (Å²) < 4.78 is 6.25.